The highest BCUT2D eigenvalue weighted by Gasteiger charge is 2.30. The lowest BCUT2D eigenvalue weighted by atomic mass is 9.91. The topological polar surface area (TPSA) is 111 Å². The number of piperidine rings is 1. The summed E-state index contributed by atoms with van der Waals surface area (Å²) in [5.74, 6) is 0.706. The van der Waals surface area contributed by atoms with E-state index in [-0.39, 0.29) is 11.4 Å². The van der Waals surface area contributed by atoms with Crippen LogP contribution >= 0.6 is 0 Å². The van der Waals surface area contributed by atoms with Gasteiger partial charge in [-0.2, -0.15) is 0 Å². The number of carbonyl (C=O) groups is 1. The lowest BCUT2D eigenvalue weighted by molar-refractivity contribution is -0.0713. The summed E-state index contributed by atoms with van der Waals surface area (Å²) in [4.78, 5) is 42.0. The number of amides is 1. The number of ether oxygens (including phenoxy) is 2. The molecule has 11 heteroatoms. The van der Waals surface area contributed by atoms with Gasteiger partial charge in [0.1, 0.15) is 28.7 Å². The van der Waals surface area contributed by atoms with Crippen LogP contribution in [0.2, 0.25) is 0 Å². The van der Waals surface area contributed by atoms with Gasteiger partial charge in [0, 0.05) is 35.1 Å². The SMILES string of the molecule is O=C(Nc1ccc(Oc2ccnc3cnc(C4CCN(C5COC5)CC4)cc23)cn1)c1cccn(-c2ccc(F)cc2)c1=O. The minimum Gasteiger partial charge on any atom is -0.455 e. The Morgan fingerprint density at radius 2 is 1.80 bits per heavy atom. The van der Waals surface area contributed by atoms with Gasteiger partial charge in [-0.25, -0.2) is 9.37 Å². The average Bonchev–Trinajstić information content (AvgIpc) is 3.02. The predicted molar refractivity (Wildman–Crippen MR) is 162 cm³/mol. The third-order valence-electron chi connectivity index (χ3n) is 8.20. The maximum absolute atomic E-state index is 13.3. The Hall–Kier alpha value is -5.00. The zero-order chi connectivity index (χ0) is 30.0. The molecule has 2 aliphatic rings. The summed E-state index contributed by atoms with van der Waals surface area (Å²) in [5.41, 5.74) is 1.61. The summed E-state index contributed by atoms with van der Waals surface area (Å²) in [6.07, 6.45) is 8.60. The van der Waals surface area contributed by atoms with Gasteiger partial charge < -0.3 is 14.8 Å². The molecule has 0 spiro atoms. The first-order chi connectivity index (χ1) is 21.5. The molecule has 1 amide bonds. The normalized spacial score (nSPS) is 16.0. The summed E-state index contributed by atoms with van der Waals surface area (Å²) in [6.45, 7) is 3.75. The summed E-state index contributed by atoms with van der Waals surface area (Å²) in [7, 11) is 0. The van der Waals surface area contributed by atoms with E-state index in [0.29, 0.717) is 29.1 Å². The fraction of sp³-hybridized carbons (Fsp3) is 0.242. The maximum Gasteiger partial charge on any atom is 0.267 e. The van der Waals surface area contributed by atoms with E-state index in [4.69, 9.17) is 14.5 Å². The molecule has 6 heterocycles. The van der Waals surface area contributed by atoms with Crippen LogP contribution in [0.4, 0.5) is 10.2 Å². The van der Waals surface area contributed by atoms with E-state index in [1.54, 1.807) is 30.6 Å². The largest absolute Gasteiger partial charge is 0.455 e. The number of aromatic nitrogens is 4. The molecule has 7 rings (SSSR count). The molecule has 0 atom stereocenters. The van der Waals surface area contributed by atoms with Gasteiger partial charge in [-0.3, -0.25) is 29.0 Å². The minimum atomic E-state index is -0.611. The maximum atomic E-state index is 13.3. The molecule has 0 unspecified atom stereocenters. The van der Waals surface area contributed by atoms with Crippen molar-refractivity contribution in [1.29, 1.82) is 0 Å². The first-order valence-electron chi connectivity index (χ1n) is 14.5. The Kier molecular flexibility index (Phi) is 7.55. The van der Waals surface area contributed by atoms with Crippen molar-refractivity contribution in [1.82, 2.24) is 24.4 Å². The molecule has 0 radical (unpaired) electrons. The monoisotopic (exact) mass is 592 g/mol. The number of rotatable bonds is 7. The van der Waals surface area contributed by atoms with Crippen molar-refractivity contribution >= 4 is 22.6 Å². The number of fused-ring (bicyclic) bond motifs is 1. The molecule has 2 saturated heterocycles. The standard InChI is InChI=1S/C33H29FN6O4/c34-22-3-5-23(6-4-22)40-13-1-2-26(33(40)42)32(41)38-31-8-7-25(17-37-31)44-30-9-12-35-29-18-36-28(16-27(29)30)21-10-14-39(15-11-21)24-19-43-20-24/h1-9,12-13,16-18,21,24H,10-11,14-15,19-20H2,(H,37,38,41). The van der Waals surface area contributed by atoms with Gasteiger partial charge in [-0.1, -0.05) is 0 Å². The fourth-order valence-electron chi connectivity index (χ4n) is 5.64. The van der Waals surface area contributed by atoms with Crippen molar-refractivity contribution < 1.29 is 18.7 Å². The lowest BCUT2D eigenvalue weighted by Gasteiger charge is -2.41. The molecular weight excluding hydrogens is 563 g/mol. The van der Waals surface area contributed by atoms with E-state index in [9.17, 15) is 14.0 Å². The Morgan fingerprint density at radius 1 is 0.977 bits per heavy atom. The highest BCUT2D eigenvalue weighted by Crippen LogP contribution is 2.34. The number of benzene rings is 1. The van der Waals surface area contributed by atoms with Gasteiger partial charge in [0.15, 0.2) is 0 Å². The van der Waals surface area contributed by atoms with Crippen LogP contribution in [0.5, 0.6) is 11.5 Å². The van der Waals surface area contributed by atoms with Gasteiger partial charge in [0.25, 0.3) is 11.5 Å². The number of nitrogens with one attached hydrogen (secondary N) is 1. The van der Waals surface area contributed by atoms with Crippen LogP contribution in [0.15, 0.2) is 90.2 Å². The van der Waals surface area contributed by atoms with Crippen molar-refractivity contribution in [2.24, 2.45) is 0 Å². The number of likely N-dealkylation sites (tertiary alicyclic amines) is 1. The first-order valence-corrected chi connectivity index (χ1v) is 14.5. The van der Waals surface area contributed by atoms with Gasteiger partial charge in [-0.15, -0.1) is 0 Å². The number of anilines is 1. The van der Waals surface area contributed by atoms with Gasteiger partial charge in [0.2, 0.25) is 0 Å². The Morgan fingerprint density at radius 3 is 2.52 bits per heavy atom. The van der Waals surface area contributed by atoms with Crippen molar-refractivity contribution in [3.63, 3.8) is 0 Å². The van der Waals surface area contributed by atoms with Crippen LogP contribution in [-0.2, 0) is 4.74 Å². The molecule has 4 aromatic heterocycles. The van der Waals surface area contributed by atoms with E-state index < -0.39 is 17.3 Å². The van der Waals surface area contributed by atoms with Crippen molar-refractivity contribution in [3.8, 4) is 17.2 Å². The van der Waals surface area contributed by atoms with E-state index in [0.717, 1.165) is 55.7 Å². The molecule has 0 saturated carbocycles. The van der Waals surface area contributed by atoms with Crippen molar-refractivity contribution in [2.45, 2.75) is 24.8 Å². The molecule has 10 nitrogen and oxygen atoms in total. The lowest BCUT2D eigenvalue weighted by Crippen LogP contribution is -2.51. The minimum absolute atomic E-state index is 0.0747. The van der Waals surface area contributed by atoms with Crippen LogP contribution in [0.25, 0.3) is 16.6 Å². The molecular formula is C33H29FN6O4. The molecule has 222 valence electrons. The number of pyridine rings is 4. The summed E-state index contributed by atoms with van der Waals surface area (Å²) >= 11 is 0. The molecule has 0 aliphatic carbocycles. The Balaban J connectivity index is 1.04. The molecule has 2 fully saturated rings. The average molecular weight is 593 g/mol. The Bertz CT molecular complexity index is 1870. The van der Waals surface area contributed by atoms with E-state index in [1.807, 2.05) is 6.07 Å². The fourth-order valence-corrected chi connectivity index (χ4v) is 5.64. The molecule has 2 aliphatic heterocycles. The summed E-state index contributed by atoms with van der Waals surface area (Å²) < 4.78 is 26.2. The quantitative estimate of drug-likeness (QED) is 0.283. The second kappa shape index (κ2) is 11.9. The summed E-state index contributed by atoms with van der Waals surface area (Å²) in [5, 5.41) is 3.53. The number of halogens is 1. The second-order valence-corrected chi connectivity index (χ2v) is 10.9. The smallest absolute Gasteiger partial charge is 0.267 e. The number of hydrogen-bond donors (Lipinski definition) is 1. The van der Waals surface area contributed by atoms with E-state index in [1.165, 1.54) is 47.3 Å². The number of carbonyl (C=O) groups excluding carboxylic acids is 1. The van der Waals surface area contributed by atoms with Crippen LogP contribution in [0, 0.1) is 5.82 Å². The molecule has 1 N–H and O–H groups in total. The van der Waals surface area contributed by atoms with E-state index in [2.05, 4.69) is 26.3 Å². The zero-order valence-electron chi connectivity index (χ0n) is 23.7. The third-order valence-corrected chi connectivity index (χ3v) is 8.20. The zero-order valence-corrected chi connectivity index (χ0v) is 23.7. The van der Waals surface area contributed by atoms with Gasteiger partial charge >= 0.3 is 0 Å². The van der Waals surface area contributed by atoms with Crippen LogP contribution in [-0.4, -0.2) is 62.7 Å². The van der Waals surface area contributed by atoms with Crippen molar-refractivity contribution in [3.05, 3.63) is 113 Å². The highest BCUT2D eigenvalue weighted by atomic mass is 19.1. The molecule has 0 bridgehead atoms. The highest BCUT2D eigenvalue weighted by molar-refractivity contribution is 6.03. The molecule has 44 heavy (non-hydrogen) atoms. The number of nitrogens with zero attached hydrogens (tertiary/aromatic N) is 5. The molecule has 1 aromatic carbocycles. The van der Waals surface area contributed by atoms with Gasteiger partial charge in [-0.05, 0) is 86.6 Å². The van der Waals surface area contributed by atoms with Crippen molar-refractivity contribution in [2.75, 3.05) is 31.6 Å². The number of hydrogen-bond acceptors (Lipinski definition) is 8. The van der Waals surface area contributed by atoms with E-state index >= 15 is 0 Å². The third kappa shape index (κ3) is 5.67. The molecule has 5 aromatic rings. The van der Waals surface area contributed by atoms with Gasteiger partial charge in [0.05, 0.1) is 37.2 Å². The second-order valence-electron chi connectivity index (χ2n) is 10.9. The first kappa shape index (κ1) is 27.8. The Labute approximate surface area is 252 Å². The predicted octanol–water partition coefficient (Wildman–Crippen LogP) is 4.94. The van der Waals surface area contributed by atoms with Crippen LogP contribution in [0.3, 0.4) is 0 Å². The van der Waals surface area contributed by atoms with Crippen LogP contribution in [0.1, 0.15) is 34.8 Å². The summed E-state index contributed by atoms with van der Waals surface area (Å²) in [6, 6.07) is 16.2. The van der Waals surface area contributed by atoms with Crippen LogP contribution < -0.4 is 15.6 Å².